The van der Waals surface area contributed by atoms with Crippen molar-refractivity contribution in [1.82, 2.24) is 5.32 Å². The number of hydrogen-bond acceptors (Lipinski definition) is 6. The van der Waals surface area contributed by atoms with E-state index in [1.165, 1.54) is 38.0 Å². The summed E-state index contributed by atoms with van der Waals surface area (Å²) < 4.78 is 17.5. The molecule has 9 nitrogen and oxygen atoms in total. The highest BCUT2D eigenvalue weighted by molar-refractivity contribution is 6.26. The topological polar surface area (TPSA) is 97.2 Å². The maximum Gasteiger partial charge on any atom is 0.506 e. The van der Waals surface area contributed by atoms with Crippen LogP contribution in [0.4, 0.5) is 10.5 Å². The number of nitrogens with one attached hydrogen (secondary N) is 1. The van der Waals surface area contributed by atoms with E-state index in [1.54, 1.807) is 24.3 Å². The van der Waals surface area contributed by atoms with Crippen LogP contribution in [0, 0.1) is 5.92 Å². The molecule has 1 aliphatic heterocycles. The summed E-state index contributed by atoms with van der Waals surface area (Å²) in [6, 6.07) is 12.2. The lowest BCUT2D eigenvalue weighted by molar-refractivity contribution is -0.417. The van der Waals surface area contributed by atoms with E-state index >= 15 is 0 Å². The van der Waals surface area contributed by atoms with Crippen LogP contribution in [0.15, 0.2) is 66.8 Å². The van der Waals surface area contributed by atoms with Crippen molar-refractivity contribution in [2.75, 3.05) is 39.3 Å². The van der Waals surface area contributed by atoms with Crippen LogP contribution in [0.1, 0.15) is 5.56 Å². The molecule has 2 aromatic carbocycles. The molecule has 1 unspecified atom stereocenters. The van der Waals surface area contributed by atoms with Gasteiger partial charge in [-0.05, 0) is 18.1 Å². The zero-order valence-corrected chi connectivity index (χ0v) is 20.4. The number of amides is 4. The molecule has 36 heavy (non-hydrogen) atoms. The molecule has 2 aromatic rings. The molecule has 0 spiro atoms. The molecule has 0 saturated carbocycles. The molecule has 4 amide bonds. The average Bonchev–Trinajstić information content (AvgIpc) is 2.91. The van der Waals surface area contributed by atoms with Crippen molar-refractivity contribution in [3.63, 3.8) is 0 Å². The van der Waals surface area contributed by atoms with E-state index in [1.807, 2.05) is 30.3 Å². The lowest BCUT2D eigenvalue weighted by atomic mass is 9.94. The van der Waals surface area contributed by atoms with E-state index in [4.69, 9.17) is 14.2 Å². The van der Waals surface area contributed by atoms with Gasteiger partial charge < -0.3 is 19.5 Å². The van der Waals surface area contributed by atoms with Crippen molar-refractivity contribution in [3.05, 3.63) is 72.3 Å². The van der Waals surface area contributed by atoms with Crippen LogP contribution in [0.25, 0.3) is 0 Å². The number of carbonyl (C=O) groups excluding carboxylic acids is 3. The average molecular weight is 491 g/mol. The number of fused-ring (bicyclic) bond motifs is 1. The Hall–Kier alpha value is -4.40. The van der Waals surface area contributed by atoms with Crippen LogP contribution < -0.4 is 24.4 Å². The molecule has 0 radical (unpaired) electrons. The van der Waals surface area contributed by atoms with Gasteiger partial charge in [-0.1, -0.05) is 48.6 Å². The summed E-state index contributed by atoms with van der Waals surface area (Å²) in [6.07, 6.45) is 7.53. The smallest absolute Gasteiger partial charge is 0.493 e. The first-order valence-electron chi connectivity index (χ1n) is 11.5. The number of methoxy groups -OCH3 is 3. The Balaban J connectivity index is 1.62. The van der Waals surface area contributed by atoms with Crippen molar-refractivity contribution < 1.29 is 33.2 Å². The molecule has 9 heteroatoms. The molecule has 1 N–H and O–H groups in total. The molecule has 186 valence electrons. The molecule has 1 aliphatic carbocycles. The summed E-state index contributed by atoms with van der Waals surface area (Å²) in [6.45, 7) is 0.195. The normalized spacial score (nSPS) is 16.6. The van der Waals surface area contributed by atoms with Crippen molar-refractivity contribution in [1.29, 1.82) is 0 Å². The van der Waals surface area contributed by atoms with Gasteiger partial charge in [0.05, 0.1) is 21.3 Å². The minimum Gasteiger partial charge on any atom is -0.493 e. The number of hydrogen-bond donors (Lipinski definition) is 1. The number of imide groups is 1. The first-order valence-corrected chi connectivity index (χ1v) is 11.5. The monoisotopic (exact) mass is 490 g/mol. The van der Waals surface area contributed by atoms with Gasteiger partial charge in [0.25, 0.3) is 5.91 Å². The Labute approximate surface area is 209 Å². The van der Waals surface area contributed by atoms with Crippen LogP contribution >= 0.6 is 0 Å². The van der Waals surface area contributed by atoms with Gasteiger partial charge in [0.2, 0.25) is 5.75 Å². The molecule has 0 aromatic heterocycles. The number of ether oxygens (including phenoxy) is 3. The minimum atomic E-state index is -0.719. The number of urea groups is 1. The third kappa shape index (κ3) is 4.86. The van der Waals surface area contributed by atoms with Gasteiger partial charge in [0.1, 0.15) is 17.3 Å². The first-order chi connectivity index (χ1) is 17.5. The third-order valence-electron chi connectivity index (χ3n) is 6.01. The number of allylic oxidation sites excluding steroid dienone is 3. The van der Waals surface area contributed by atoms with E-state index in [9.17, 15) is 14.4 Å². The second-order valence-electron chi connectivity index (χ2n) is 8.16. The zero-order chi connectivity index (χ0) is 25.7. The molecular weight excluding hydrogens is 462 g/mol. The van der Waals surface area contributed by atoms with E-state index < -0.39 is 17.9 Å². The van der Waals surface area contributed by atoms with Crippen molar-refractivity contribution >= 4 is 29.2 Å². The maximum absolute atomic E-state index is 13.6. The second kappa shape index (κ2) is 10.9. The predicted octanol–water partition coefficient (Wildman–Crippen LogP) is 2.73. The number of carbonyl (C=O) groups is 3. The summed E-state index contributed by atoms with van der Waals surface area (Å²) in [5.41, 5.74) is 1.80. The fourth-order valence-corrected chi connectivity index (χ4v) is 4.25. The highest BCUT2D eigenvalue weighted by Crippen LogP contribution is 2.42. The van der Waals surface area contributed by atoms with Crippen molar-refractivity contribution in [2.24, 2.45) is 5.92 Å². The molecule has 0 saturated heterocycles. The van der Waals surface area contributed by atoms with E-state index in [-0.39, 0.29) is 18.1 Å². The standard InChI is InChI=1S/C27H27N3O6/c1-34-22-15-19(16-23(35-2)25(22)36-3)30-26(32)20-11-7-8-12-21(20)29(27(30)33)17-24(31)28-14-13-18-9-5-4-6-10-18/h4-12,15-16,20H,13-14,17H2,1-3H3/p+1. The van der Waals surface area contributed by atoms with Gasteiger partial charge in [-0.15, -0.1) is 4.90 Å². The van der Waals surface area contributed by atoms with Gasteiger partial charge in [-0.25, -0.2) is 4.79 Å². The van der Waals surface area contributed by atoms with E-state index in [2.05, 4.69) is 5.32 Å². The fourth-order valence-electron chi connectivity index (χ4n) is 4.25. The van der Waals surface area contributed by atoms with Crippen LogP contribution in [0.3, 0.4) is 0 Å². The van der Waals surface area contributed by atoms with Crippen LogP contribution in [-0.2, 0) is 16.0 Å². The largest absolute Gasteiger partial charge is 0.506 e. The second-order valence-corrected chi connectivity index (χ2v) is 8.16. The lowest BCUT2D eigenvalue weighted by Gasteiger charge is -2.27. The number of anilines is 1. The van der Waals surface area contributed by atoms with Crippen LogP contribution in [-0.4, -0.2) is 62.6 Å². The number of nitrogens with zero attached hydrogens (tertiary/aromatic N) is 2. The molecule has 0 fully saturated rings. The summed E-state index contributed by atoms with van der Waals surface area (Å²) in [4.78, 5) is 40.9. The Morgan fingerprint density at radius 3 is 2.33 bits per heavy atom. The maximum atomic E-state index is 13.6. The van der Waals surface area contributed by atoms with Gasteiger partial charge in [0.15, 0.2) is 18.0 Å². The molecule has 1 heterocycles. The fraction of sp³-hybridized carbons (Fsp3) is 0.259. The zero-order valence-electron chi connectivity index (χ0n) is 20.4. The molecule has 4 rings (SSSR count). The third-order valence-corrected chi connectivity index (χ3v) is 6.01. The van der Waals surface area contributed by atoms with Gasteiger partial charge in [0, 0.05) is 18.7 Å². The Morgan fingerprint density at radius 1 is 1.00 bits per heavy atom. The SMILES string of the molecule is COc1cc(N2C(=O)C3C=CC=CC3=[N+](CC(=O)NCCc3ccccc3)C2=O)cc(OC)c1OC. The molecular formula is C27H28N3O6+. The lowest BCUT2D eigenvalue weighted by Crippen LogP contribution is -2.56. The van der Waals surface area contributed by atoms with Gasteiger partial charge in [-0.2, -0.15) is 9.37 Å². The summed E-state index contributed by atoms with van der Waals surface area (Å²) in [7, 11) is 4.37. The highest BCUT2D eigenvalue weighted by Gasteiger charge is 2.48. The Kier molecular flexibility index (Phi) is 7.48. The van der Waals surface area contributed by atoms with Crippen LogP contribution in [0.5, 0.6) is 17.2 Å². The molecule has 1 atom stereocenters. The van der Waals surface area contributed by atoms with Crippen LogP contribution in [0.2, 0.25) is 0 Å². The van der Waals surface area contributed by atoms with Gasteiger partial charge in [-0.3, -0.25) is 4.79 Å². The predicted molar refractivity (Wildman–Crippen MR) is 134 cm³/mol. The van der Waals surface area contributed by atoms with Gasteiger partial charge >= 0.3 is 11.9 Å². The quantitative estimate of drug-likeness (QED) is 0.543. The Bertz CT molecular complexity index is 1240. The number of benzene rings is 2. The number of rotatable bonds is 9. The molecule has 0 bridgehead atoms. The highest BCUT2D eigenvalue weighted by atomic mass is 16.5. The minimum absolute atomic E-state index is 0.230. The van der Waals surface area contributed by atoms with E-state index in [0.717, 1.165) is 10.5 Å². The first kappa shape index (κ1) is 24.7. The molecule has 2 aliphatic rings. The summed E-state index contributed by atoms with van der Waals surface area (Å²) in [5.74, 6) is -0.553. The van der Waals surface area contributed by atoms with Crippen molar-refractivity contribution in [2.45, 2.75) is 6.42 Å². The summed E-state index contributed by atoms with van der Waals surface area (Å²) >= 11 is 0. The van der Waals surface area contributed by atoms with Crippen molar-refractivity contribution in [3.8, 4) is 17.2 Å². The summed E-state index contributed by atoms with van der Waals surface area (Å²) in [5, 5.41) is 2.86. The van der Waals surface area contributed by atoms with E-state index in [0.29, 0.717) is 35.9 Å². The Morgan fingerprint density at radius 2 is 1.69 bits per heavy atom.